The van der Waals surface area contributed by atoms with Crippen molar-refractivity contribution in [1.29, 1.82) is 0 Å². The molecule has 2 aliphatic rings. The van der Waals surface area contributed by atoms with Gasteiger partial charge in [0.1, 0.15) is 81.5 Å². The Labute approximate surface area is 668 Å². The fourth-order valence-corrected chi connectivity index (χ4v) is 14.0. The van der Waals surface area contributed by atoms with E-state index < -0.39 is 101 Å². The molecule has 6 atom stereocenters. The van der Waals surface area contributed by atoms with Crippen LogP contribution in [0.4, 0.5) is 92.0 Å². The van der Waals surface area contributed by atoms with Gasteiger partial charge in [-0.3, -0.25) is 9.59 Å². The van der Waals surface area contributed by atoms with Crippen LogP contribution < -0.4 is 46.4 Å². The number of fused-ring (bicyclic) bond motifs is 4. The highest BCUT2D eigenvalue weighted by molar-refractivity contribution is 5.93. The summed E-state index contributed by atoms with van der Waals surface area (Å²) < 4.78 is 183. The lowest BCUT2D eigenvalue weighted by Gasteiger charge is -2.21. The Hall–Kier alpha value is -12.5. The van der Waals surface area contributed by atoms with Crippen molar-refractivity contribution in [3.05, 3.63) is 219 Å². The van der Waals surface area contributed by atoms with Gasteiger partial charge in [-0.15, -0.1) is 0 Å². The topological polar surface area (TPSA) is 277 Å². The molecule has 2 aliphatic heterocycles. The third-order valence-corrected chi connectivity index (χ3v) is 19.8. The van der Waals surface area contributed by atoms with E-state index in [9.17, 15) is 66.7 Å². The molecule has 0 aliphatic carbocycles. The number of pyridine rings is 4. The summed E-state index contributed by atoms with van der Waals surface area (Å²) in [6, 6.07) is 19.0. The molecule has 14 rings (SSSR count). The van der Waals surface area contributed by atoms with Gasteiger partial charge in [0.15, 0.2) is 0 Å². The first-order chi connectivity index (χ1) is 56.4. The van der Waals surface area contributed by atoms with Crippen molar-refractivity contribution < 1.29 is 71.4 Å². The predicted molar refractivity (Wildman–Crippen MR) is 420 cm³/mol. The Balaban J connectivity index is 0.000000200. The Morgan fingerprint density at radius 3 is 1.01 bits per heavy atom. The van der Waals surface area contributed by atoms with Gasteiger partial charge in [-0.25, -0.2) is 112 Å². The van der Waals surface area contributed by atoms with E-state index in [1.54, 1.807) is 80.0 Å². The molecule has 0 radical (unpaired) electrons. The minimum atomic E-state index is -2.95. The molecule has 0 bridgehead atoms. The molecule has 618 valence electrons. The number of aryl methyl sites for hydroxylation is 4. The molecule has 0 spiro atoms. The van der Waals surface area contributed by atoms with Gasteiger partial charge in [0.05, 0.1) is 99.9 Å². The van der Waals surface area contributed by atoms with E-state index in [1.807, 2.05) is 28.9 Å². The van der Waals surface area contributed by atoms with Crippen molar-refractivity contribution in [2.75, 3.05) is 63.9 Å². The van der Waals surface area contributed by atoms with Crippen molar-refractivity contribution in [3.8, 4) is 5.88 Å². The molecule has 4 aromatic carbocycles. The van der Waals surface area contributed by atoms with Crippen LogP contribution >= 0.6 is 0 Å². The van der Waals surface area contributed by atoms with Crippen LogP contribution in [0.25, 0.3) is 43.6 Å². The zero-order chi connectivity index (χ0) is 84.5. The monoisotopic (exact) mass is 1640 g/mol. The second-order valence-electron chi connectivity index (χ2n) is 28.3. The van der Waals surface area contributed by atoms with E-state index in [0.717, 1.165) is 30.3 Å². The van der Waals surface area contributed by atoms with Crippen LogP contribution in [0.5, 0.6) is 5.88 Å². The number of rotatable bonds is 25. The SMILES string of the molecule is CCOc1cc2c(N[C@H](C)c3cccc(C(F)F)c3F)nc(C)nc2cn1.Cc1nc(N[C@H](C)c2cccc(C(F)F)c2F)c2cc(F)ncc2n1.Cc1nc(N[C@H](C)c2cccc(C(F)F)c2F)c2cc(N3CC[C@@H](NC(=O)CCC(=O)N[C@H]4CCN(c5cc6c(N[C@H](C)c7cccc(C(F)F)c7F)nc(C)nc6cn5)C4)C3)ncc2n1. The first-order valence-electron chi connectivity index (χ1n) is 37.6. The zero-order valence-corrected chi connectivity index (χ0v) is 65.1. The number of amides is 2. The van der Waals surface area contributed by atoms with E-state index in [0.29, 0.717) is 148 Å². The number of ether oxygens (including phenoxy) is 1. The molecule has 8 aromatic heterocycles. The smallest absolute Gasteiger partial charge is 0.266 e. The minimum Gasteiger partial charge on any atom is -0.478 e. The molecule has 12 aromatic rings. The number of alkyl halides is 8. The Bertz CT molecular complexity index is 5480. The largest absolute Gasteiger partial charge is 0.478 e. The molecule has 118 heavy (non-hydrogen) atoms. The van der Waals surface area contributed by atoms with Crippen LogP contribution in [-0.2, 0) is 9.59 Å². The molecule has 0 saturated carbocycles. The van der Waals surface area contributed by atoms with Gasteiger partial charge in [0.2, 0.25) is 23.6 Å². The number of nitrogens with one attached hydrogen (secondary N) is 6. The van der Waals surface area contributed by atoms with Crippen molar-refractivity contribution in [1.82, 2.24) is 70.4 Å². The van der Waals surface area contributed by atoms with Crippen LogP contribution in [0, 0.1) is 56.9 Å². The highest BCUT2D eigenvalue weighted by Gasteiger charge is 2.31. The summed E-state index contributed by atoms with van der Waals surface area (Å²) in [7, 11) is 0. The first-order valence-corrected chi connectivity index (χ1v) is 37.6. The van der Waals surface area contributed by atoms with E-state index in [2.05, 4.69) is 91.7 Å². The molecule has 6 N–H and O–H groups in total. The second-order valence-corrected chi connectivity index (χ2v) is 28.3. The summed E-state index contributed by atoms with van der Waals surface area (Å²) in [6.45, 7) is 17.8. The van der Waals surface area contributed by atoms with Gasteiger partial charge in [0.25, 0.3) is 25.7 Å². The van der Waals surface area contributed by atoms with Crippen LogP contribution in [0.2, 0.25) is 0 Å². The molecular formula is C82H81F13N20O3. The maximum absolute atomic E-state index is 15.0. The van der Waals surface area contributed by atoms with Crippen molar-refractivity contribution in [2.24, 2.45) is 0 Å². The van der Waals surface area contributed by atoms with E-state index in [1.165, 1.54) is 54.7 Å². The second kappa shape index (κ2) is 37.2. The predicted octanol–water partition coefficient (Wildman–Crippen LogP) is 18.1. The van der Waals surface area contributed by atoms with Gasteiger partial charge in [-0.05, 0) is 87.3 Å². The van der Waals surface area contributed by atoms with Crippen LogP contribution in [0.1, 0.15) is 178 Å². The summed E-state index contributed by atoms with van der Waals surface area (Å²) in [5.74, 6) is -0.0990. The fourth-order valence-electron chi connectivity index (χ4n) is 14.0. The highest BCUT2D eigenvalue weighted by atomic mass is 19.3. The minimum absolute atomic E-state index is 0.00606. The first kappa shape index (κ1) is 84.9. The number of nitrogens with zero attached hydrogens (tertiary/aromatic N) is 14. The number of anilines is 6. The van der Waals surface area contributed by atoms with Crippen molar-refractivity contribution in [3.63, 3.8) is 0 Å². The van der Waals surface area contributed by atoms with Crippen LogP contribution in [0.15, 0.2) is 122 Å². The summed E-state index contributed by atoms with van der Waals surface area (Å²) in [6.07, 6.45) is -4.36. The molecule has 2 fully saturated rings. The summed E-state index contributed by atoms with van der Waals surface area (Å²) in [5, 5.41) is 20.7. The summed E-state index contributed by atoms with van der Waals surface area (Å²) in [5.41, 5.74) is -0.163. The standard InChI is InChI=1S/C46H48F6N12O2.C19H19F3N4O.C17H14F4N4/c1-23(29-7-5-9-31(41(29)47)43(49)50)55-45-33-17-37(53-19-35(33)57-25(3)59-45)63-15-13-27(21-63)61-39(65)11-12-40(66)62-28-14-16-64(22-28)38-18-34-36(20-54-38)58-26(4)60-46(34)56-24(2)30-8-6-10-32(42(30)48)44(51)52;1-4-27-16-8-14-15(9-23-16)25-11(3)26-19(14)24-10(2)12-6-5-7-13(17(12)20)18(21)22;1-8(10-4-3-5-11(15(10)19)16(20)21)23-17-12-6-14(18)22-7-13(12)24-9(2)25-17/h5-10,17-20,23-24,27-28,43-44H,11-16,21-22H2,1-4H3,(H,61,65)(H,62,66)(H,55,57,59)(H,56,58,60);5-10,18H,4H2,1-3H3,(H,24,25,26);3-8,16H,1-2H3,(H,23,24,25)/t23-,24-,27-,28+;10-;8-/m111/s1. The van der Waals surface area contributed by atoms with E-state index in [-0.39, 0.29) is 64.8 Å². The number of aromatic nitrogens is 12. The molecule has 36 heteroatoms. The average molecular weight is 1640 g/mol. The van der Waals surface area contributed by atoms with Gasteiger partial charge in [-0.2, -0.15) is 4.39 Å². The summed E-state index contributed by atoms with van der Waals surface area (Å²) in [4.78, 5) is 82.1. The molecule has 2 saturated heterocycles. The third kappa shape index (κ3) is 19.9. The average Bonchev–Trinajstić information content (AvgIpc) is 1.41. The Kier molecular flexibility index (Phi) is 26.7. The molecule has 2 amide bonds. The lowest BCUT2D eigenvalue weighted by atomic mass is 10.0. The van der Waals surface area contributed by atoms with Crippen molar-refractivity contribution >= 4 is 90.3 Å². The van der Waals surface area contributed by atoms with Gasteiger partial charge in [0, 0.05) is 107 Å². The normalized spacial score (nSPS) is 15.1. The van der Waals surface area contributed by atoms with Gasteiger partial charge in [-0.1, -0.05) is 72.8 Å². The molecule has 23 nitrogen and oxygen atoms in total. The summed E-state index contributed by atoms with van der Waals surface area (Å²) >= 11 is 0. The van der Waals surface area contributed by atoms with Crippen LogP contribution in [-0.4, -0.2) is 116 Å². The number of halogens is 13. The number of carbonyl (C=O) groups excluding carboxylic acids is 2. The molecular weight excluding hydrogens is 1560 g/mol. The number of carbonyl (C=O) groups is 2. The zero-order valence-electron chi connectivity index (χ0n) is 65.1. The van der Waals surface area contributed by atoms with Crippen LogP contribution in [0.3, 0.4) is 0 Å². The quantitative estimate of drug-likeness (QED) is 0.0229. The van der Waals surface area contributed by atoms with Gasteiger partial charge >= 0.3 is 0 Å². The number of hydrogen-bond donors (Lipinski definition) is 6. The maximum Gasteiger partial charge on any atom is 0.266 e. The van der Waals surface area contributed by atoms with E-state index in [4.69, 9.17) is 4.74 Å². The maximum atomic E-state index is 15.0. The third-order valence-electron chi connectivity index (χ3n) is 19.8. The Morgan fingerprint density at radius 1 is 0.407 bits per heavy atom. The van der Waals surface area contributed by atoms with Gasteiger partial charge < -0.3 is 46.4 Å². The fraction of sp³-hybridized carbons (Fsp3) is 0.341. The van der Waals surface area contributed by atoms with E-state index >= 15 is 0 Å². The lowest BCUT2D eigenvalue weighted by molar-refractivity contribution is -0.127. The number of benzene rings is 4. The molecule has 0 unspecified atom stereocenters. The lowest BCUT2D eigenvalue weighted by Crippen LogP contribution is -2.39. The Morgan fingerprint density at radius 2 is 0.695 bits per heavy atom. The number of hydrogen-bond acceptors (Lipinski definition) is 21. The highest BCUT2D eigenvalue weighted by Crippen LogP contribution is 2.38. The molecule has 10 heterocycles. The van der Waals surface area contributed by atoms with Crippen molar-refractivity contribution in [2.45, 2.75) is 150 Å².